The molecule has 1 aliphatic heterocycles. The molecule has 1 aromatic rings. The largest absolute Gasteiger partial charge is 0.355 e. The third-order valence-electron chi connectivity index (χ3n) is 3.49. The fourth-order valence-electron chi connectivity index (χ4n) is 2.29. The maximum absolute atomic E-state index is 12.3. The summed E-state index contributed by atoms with van der Waals surface area (Å²) in [5, 5.41) is 11.5. The molecule has 0 radical (unpaired) electrons. The third-order valence-corrected chi connectivity index (χ3v) is 3.49. The van der Waals surface area contributed by atoms with E-state index in [-0.39, 0.29) is 17.7 Å². The molecule has 1 aromatic carbocycles. The SMILES string of the molecule is CN(Cc1ccc(C#N)cc1)C(=O)C1CCC(=O)NC1. The van der Waals surface area contributed by atoms with Crippen molar-refractivity contribution in [1.82, 2.24) is 10.2 Å². The Kier molecular flexibility index (Phi) is 4.36. The Morgan fingerprint density at radius 2 is 2.15 bits per heavy atom. The molecule has 1 saturated heterocycles. The minimum absolute atomic E-state index is 0.0174. The Bertz CT molecular complexity index is 535. The fraction of sp³-hybridized carbons (Fsp3) is 0.400. The molecule has 104 valence electrons. The van der Waals surface area contributed by atoms with E-state index in [2.05, 4.69) is 11.4 Å². The molecular formula is C15H17N3O2. The van der Waals surface area contributed by atoms with Gasteiger partial charge in [0.15, 0.2) is 0 Å². The second-order valence-electron chi connectivity index (χ2n) is 5.04. The van der Waals surface area contributed by atoms with Gasteiger partial charge < -0.3 is 10.2 Å². The van der Waals surface area contributed by atoms with Crippen LogP contribution < -0.4 is 5.32 Å². The number of nitrogens with zero attached hydrogens (tertiary/aromatic N) is 2. The molecule has 0 bridgehead atoms. The van der Waals surface area contributed by atoms with Crippen LogP contribution in [-0.4, -0.2) is 30.3 Å². The van der Waals surface area contributed by atoms with E-state index in [1.54, 1.807) is 24.1 Å². The Morgan fingerprint density at radius 1 is 1.45 bits per heavy atom. The number of carbonyl (C=O) groups is 2. The van der Waals surface area contributed by atoms with Crippen LogP contribution in [0.25, 0.3) is 0 Å². The number of carbonyl (C=O) groups excluding carboxylic acids is 2. The van der Waals surface area contributed by atoms with Crippen LogP contribution in [-0.2, 0) is 16.1 Å². The van der Waals surface area contributed by atoms with Gasteiger partial charge in [0.2, 0.25) is 11.8 Å². The van der Waals surface area contributed by atoms with Gasteiger partial charge in [0, 0.05) is 26.6 Å². The number of nitrogens with one attached hydrogen (secondary N) is 1. The Balaban J connectivity index is 1.93. The summed E-state index contributed by atoms with van der Waals surface area (Å²) in [5.41, 5.74) is 1.59. The molecule has 1 heterocycles. The number of hydrogen-bond donors (Lipinski definition) is 1. The van der Waals surface area contributed by atoms with Crippen molar-refractivity contribution in [1.29, 1.82) is 5.26 Å². The van der Waals surface area contributed by atoms with Crippen molar-refractivity contribution in [2.24, 2.45) is 5.92 Å². The number of nitriles is 1. The molecule has 1 unspecified atom stereocenters. The molecule has 2 amide bonds. The lowest BCUT2D eigenvalue weighted by atomic mass is 9.97. The molecule has 0 saturated carbocycles. The van der Waals surface area contributed by atoms with Crippen molar-refractivity contribution in [3.05, 3.63) is 35.4 Å². The number of piperidine rings is 1. The average Bonchev–Trinajstić information content (AvgIpc) is 2.48. The number of rotatable bonds is 3. The summed E-state index contributed by atoms with van der Waals surface area (Å²) < 4.78 is 0. The molecule has 1 aliphatic rings. The van der Waals surface area contributed by atoms with E-state index in [0.717, 1.165) is 5.56 Å². The molecule has 5 nitrogen and oxygen atoms in total. The highest BCUT2D eigenvalue weighted by molar-refractivity contribution is 5.83. The maximum Gasteiger partial charge on any atom is 0.227 e. The smallest absolute Gasteiger partial charge is 0.227 e. The Labute approximate surface area is 118 Å². The second-order valence-corrected chi connectivity index (χ2v) is 5.04. The van der Waals surface area contributed by atoms with E-state index in [1.807, 2.05) is 12.1 Å². The van der Waals surface area contributed by atoms with Crippen molar-refractivity contribution in [2.45, 2.75) is 19.4 Å². The lowest BCUT2D eigenvalue weighted by Crippen LogP contribution is -2.43. The van der Waals surface area contributed by atoms with Crippen LogP contribution in [0, 0.1) is 17.2 Å². The first kappa shape index (κ1) is 14.1. The summed E-state index contributed by atoms with van der Waals surface area (Å²) in [5.74, 6) is -0.0609. The van der Waals surface area contributed by atoms with E-state index >= 15 is 0 Å². The summed E-state index contributed by atoms with van der Waals surface area (Å²) in [4.78, 5) is 25.0. The van der Waals surface area contributed by atoms with Gasteiger partial charge in [0.05, 0.1) is 17.6 Å². The summed E-state index contributed by atoms with van der Waals surface area (Å²) in [7, 11) is 1.76. The zero-order valence-electron chi connectivity index (χ0n) is 11.4. The van der Waals surface area contributed by atoms with E-state index in [0.29, 0.717) is 31.5 Å². The molecule has 0 aromatic heterocycles. The second kappa shape index (κ2) is 6.20. The topological polar surface area (TPSA) is 73.2 Å². The van der Waals surface area contributed by atoms with Gasteiger partial charge in [-0.3, -0.25) is 9.59 Å². The lowest BCUT2D eigenvalue weighted by Gasteiger charge is -2.26. The zero-order valence-corrected chi connectivity index (χ0v) is 11.4. The third kappa shape index (κ3) is 3.35. The van der Waals surface area contributed by atoms with Gasteiger partial charge in [0.25, 0.3) is 0 Å². The number of amides is 2. The van der Waals surface area contributed by atoms with Crippen LogP contribution >= 0.6 is 0 Å². The van der Waals surface area contributed by atoms with Crippen LogP contribution in [0.2, 0.25) is 0 Å². The maximum atomic E-state index is 12.3. The highest BCUT2D eigenvalue weighted by Gasteiger charge is 2.26. The molecule has 1 N–H and O–H groups in total. The van der Waals surface area contributed by atoms with Gasteiger partial charge in [-0.25, -0.2) is 0 Å². The van der Waals surface area contributed by atoms with Crippen LogP contribution in [0.3, 0.4) is 0 Å². The van der Waals surface area contributed by atoms with Crippen molar-refractivity contribution in [2.75, 3.05) is 13.6 Å². The standard InChI is InChI=1S/C15H17N3O2/c1-18(10-12-4-2-11(8-16)3-5-12)15(20)13-6-7-14(19)17-9-13/h2-5,13H,6-7,9-10H2,1H3,(H,17,19). The van der Waals surface area contributed by atoms with Crippen molar-refractivity contribution >= 4 is 11.8 Å². The van der Waals surface area contributed by atoms with Crippen LogP contribution in [0.5, 0.6) is 0 Å². The molecule has 20 heavy (non-hydrogen) atoms. The average molecular weight is 271 g/mol. The van der Waals surface area contributed by atoms with Gasteiger partial charge in [-0.2, -0.15) is 5.26 Å². The molecule has 0 spiro atoms. The van der Waals surface area contributed by atoms with Crippen molar-refractivity contribution < 1.29 is 9.59 Å². The van der Waals surface area contributed by atoms with Crippen LogP contribution in [0.15, 0.2) is 24.3 Å². The van der Waals surface area contributed by atoms with Gasteiger partial charge in [-0.05, 0) is 24.1 Å². The molecule has 2 rings (SSSR count). The predicted molar refractivity (Wildman–Crippen MR) is 73.4 cm³/mol. The van der Waals surface area contributed by atoms with Gasteiger partial charge in [-0.15, -0.1) is 0 Å². The van der Waals surface area contributed by atoms with E-state index in [9.17, 15) is 9.59 Å². The lowest BCUT2D eigenvalue weighted by molar-refractivity contribution is -0.136. The first-order chi connectivity index (χ1) is 9.60. The fourth-order valence-corrected chi connectivity index (χ4v) is 2.29. The summed E-state index contributed by atoms with van der Waals surface area (Å²) in [6, 6.07) is 9.26. The Hall–Kier alpha value is -2.35. The Morgan fingerprint density at radius 3 is 2.70 bits per heavy atom. The molecule has 0 aliphatic carbocycles. The number of hydrogen-bond acceptors (Lipinski definition) is 3. The van der Waals surface area contributed by atoms with Crippen LogP contribution in [0.4, 0.5) is 0 Å². The molecule has 1 fully saturated rings. The van der Waals surface area contributed by atoms with Crippen LogP contribution in [0.1, 0.15) is 24.0 Å². The van der Waals surface area contributed by atoms with Crippen molar-refractivity contribution in [3.8, 4) is 6.07 Å². The summed E-state index contributed by atoms with van der Waals surface area (Å²) in [6.45, 7) is 0.935. The molecular weight excluding hydrogens is 254 g/mol. The quantitative estimate of drug-likeness (QED) is 0.892. The molecule has 1 atom stereocenters. The van der Waals surface area contributed by atoms with Gasteiger partial charge >= 0.3 is 0 Å². The van der Waals surface area contributed by atoms with Gasteiger partial charge in [-0.1, -0.05) is 12.1 Å². The van der Waals surface area contributed by atoms with Gasteiger partial charge in [0.1, 0.15) is 0 Å². The van der Waals surface area contributed by atoms with E-state index in [4.69, 9.17) is 5.26 Å². The highest BCUT2D eigenvalue weighted by atomic mass is 16.2. The summed E-state index contributed by atoms with van der Waals surface area (Å²) in [6.07, 6.45) is 1.03. The predicted octanol–water partition coefficient (Wildman–Crippen LogP) is 1.04. The first-order valence-electron chi connectivity index (χ1n) is 6.61. The van der Waals surface area contributed by atoms with E-state index in [1.165, 1.54) is 0 Å². The monoisotopic (exact) mass is 271 g/mol. The highest BCUT2D eigenvalue weighted by Crippen LogP contribution is 2.15. The van der Waals surface area contributed by atoms with Crippen molar-refractivity contribution in [3.63, 3.8) is 0 Å². The number of benzene rings is 1. The first-order valence-corrected chi connectivity index (χ1v) is 6.61. The summed E-state index contributed by atoms with van der Waals surface area (Å²) >= 11 is 0. The minimum Gasteiger partial charge on any atom is -0.355 e. The van der Waals surface area contributed by atoms with E-state index < -0.39 is 0 Å². The normalized spacial score (nSPS) is 18.0. The zero-order chi connectivity index (χ0) is 14.5. The minimum atomic E-state index is -0.129. The molecule has 5 heteroatoms.